The van der Waals surface area contributed by atoms with Crippen LogP contribution in [0.25, 0.3) is 6.08 Å². The van der Waals surface area contributed by atoms with Crippen LogP contribution in [0.1, 0.15) is 24.8 Å². The normalized spacial score (nSPS) is 16.1. The van der Waals surface area contributed by atoms with Gasteiger partial charge in [0.15, 0.2) is 0 Å². The Kier molecular flexibility index (Phi) is 3.81. The molecule has 0 aliphatic heterocycles. The minimum Gasteiger partial charge on any atom is -0.314 e. The van der Waals surface area contributed by atoms with Crippen LogP contribution in [0, 0.1) is 0 Å². The number of benzene rings is 1. The predicted molar refractivity (Wildman–Crippen MR) is 66.1 cm³/mol. The van der Waals surface area contributed by atoms with Gasteiger partial charge in [-0.25, -0.2) is 0 Å². The molecule has 1 aromatic carbocycles. The van der Waals surface area contributed by atoms with Crippen LogP contribution < -0.4 is 5.32 Å². The minimum atomic E-state index is 0.794. The molecule has 1 fully saturated rings. The van der Waals surface area contributed by atoms with Crippen molar-refractivity contribution >= 4 is 17.7 Å². The van der Waals surface area contributed by atoms with Gasteiger partial charge in [-0.15, -0.1) is 0 Å². The molecule has 2 heteroatoms. The fraction of sp³-hybridized carbons (Fsp3) is 0.385. The predicted octanol–water partition coefficient (Wildman–Crippen LogP) is 3.50. The van der Waals surface area contributed by atoms with Gasteiger partial charge in [-0.3, -0.25) is 0 Å². The van der Waals surface area contributed by atoms with Crippen molar-refractivity contribution in [3.8, 4) is 0 Å². The van der Waals surface area contributed by atoms with E-state index in [1.807, 2.05) is 24.3 Å². The lowest BCUT2D eigenvalue weighted by atomic mass is 10.2. The highest BCUT2D eigenvalue weighted by Gasteiger charge is 2.19. The summed E-state index contributed by atoms with van der Waals surface area (Å²) in [6.45, 7) is 1.09. The average Bonchev–Trinajstić information content (AvgIpc) is 3.04. The summed E-state index contributed by atoms with van der Waals surface area (Å²) < 4.78 is 0. The van der Waals surface area contributed by atoms with E-state index in [1.54, 1.807) is 0 Å². The van der Waals surface area contributed by atoms with Gasteiger partial charge in [-0.2, -0.15) is 0 Å². The topological polar surface area (TPSA) is 12.0 Å². The van der Waals surface area contributed by atoms with E-state index < -0.39 is 0 Å². The molecule has 15 heavy (non-hydrogen) atoms. The third kappa shape index (κ3) is 4.06. The zero-order chi connectivity index (χ0) is 10.5. The summed E-state index contributed by atoms with van der Waals surface area (Å²) in [6, 6.07) is 8.72. The van der Waals surface area contributed by atoms with Crippen LogP contribution in [0.2, 0.25) is 5.02 Å². The third-order valence-electron chi connectivity index (χ3n) is 2.50. The van der Waals surface area contributed by atoms with Crippen LogP contribution in [0.3, 0.4) is 0 Å². The zero-order valence-electron chi connectivity index (χ0n) is 8.75. The van der Waals surface area contributed by atoms with Gasteiger partial charge in [-0.1, -0.05) is 35.9 Å². The van der Waals surface area contributed by atoms with E-state index in [2.05, 4.69) is 17.5 Å². The van der Waals surface area contributed by atoms with Crippen molar-refractivity contribution in [1.29, 1.82) is 0 Å². The van der Waals surface area contributed by atoms with E-state index in [0.717, 1.165) is 24.0 Å². The minimum absolute atomic E-state index is 0.794. The smallest absolute Gasteiger partial charge is 0.0406 e. The molecule has 1 N–H and O–H groups in total. The second kappa shape index (κ2) is 5.34. The van der Waals surface area contributed by atoms with Crippen molar-refractivity contribution in [3.05, 3.63) is 40.9 Å². The molecule has 0 unspecified atom stereocenters. The van der Waals surface area contributed by atoms with Crippen LogP contribution in [-0.4, -0.2) is 12.6 Å². The fourth-order valence-corrected chi connectivity index (χ4v) is 1.58. The Morgan fingerprint density at radius 2 is 2.00 bits per heavy atom. The largest absolute Gasteiger partial charge is 0.314 e. The third-order valence-corrected chi connectivity index (χ3v) is 2.75. The maximum atomic E-state index is 5.80. The van der Waals surface area contributed by atoms with Crippen molar-refractivity contribution in [1.82, 2.24) is 5.32 Å². The molecule has 1 saturated carbocycles. The number of halogens is 1. The van der Waals surface area contributed by atoms with Crippen LogP contribution in [0.15, 0.2) is 30.3 Å². The van der Waals surface area contributed by atoms with Gasteiger partial charge in [0.1, 0.15) is 0 Å². The Morgan fingerprint density at radius 3 is 2.67 bits per heavy atom. The quantitative estimate of drug-likeness (QED) is 0.751. The molecule has 80 valence electrons. The first-order chi connectivity index (χ1) is 7.34. The van der Waals surface area contributed by atoms with Gasteiger partial charge < -0.3 is 5.32 Å². The van der Waals surface area contributed by atoms with Gasteiger partial charge in [-0.05, 0) is 43.5 Å². The van der Waals surface area contributed by atoms with Crippen LogP contribution in [-0.2, 0) is 0 Å². The van der Waals surface area contributed by atoms with Crippen molar-refractivity contribution in [2.24, 2.45) is 0 Å². The summed E-state index contributed by atoms with van der Waals surface area (Å²) >= 11 is 5.80. The van der Waals surface area contributed by atoms with Crippen molar-refractivity contribution in [3.63, 3.8) is 0 Å². The van der Waals surface area contributed by atoms with E-state index in [1.165, 1.54) is 18.4 Å². The SMILES string of the molecule is Clc1ccc(C=CCCNC2CC2)cc1. The first-order valence-corrected chi connectivity index (χ1v) is 5.88. The lowest BCUT2D eigenvalue weighted by Crippen LogP contribution is -2.16. The van der Waals surface area contributed by atoms with Crippen LogP contribution in [0.4, 0.5) is 0 Å². The van der Waals surface area contributed by atoms with Gasteiger partial charge in [0, 0.05) is 11.1 Å². The Hall–Kier alpha value is -0.790. The molecule has 1 aromatic rings. The Bertz CT molecular complexity index is 325. The van der Waals surface area contributed by atoms with Crippen molar-refractivity contribution in [2.45, 2.75) is 25.3 Å². The van der Waals surface area contributed by atoms with E-state index in [-0.39, 0.29) is 0 Å². The molecule has 0 radical (unpaired) electrons. The number of hydrogen-bond donors (Lipinski definition) is 1. The molecule has 0 heterocycles. The molecule has 0 saturated heterocycles. The molecule has 1 nitrogen and oxygen atoms in total. The Balaban J connectivity index is 1.70. The number of hydrogen-bond acceptors (Lipinski definition) is 1. The molecule has 0 bridgehead atoms. The standard InChI is InChI=1S/C13H16ClN/c14-12-6-4-11(5-7-12)3-1-2-10-15-13-8-9-13/h1,3-7,13,15H,2,8-10H2. The summed E-state index contributed by atoms with van der Waals surface area (Å²) in [5.41, 5.74) is 1.21. The Labute approximate surface area is 96.1 Å². The maximum absolute atomic E-state index is 5.80. The summed E-state index contributed by atoms with van der Waals surface area (Å²) in [7, 11) is 0. The lowest BCUT2D eigenvalue weighted by molar-refractivity contribution is 0.691. The van der Waals surface area contributed by atoms with Gasteiger partial charge in [0.05, 0.1) is 0 Å². The summed E-state index contributed by atoms with van der Waals surface area (Å²) in [5.74, 6) is 0. The first kappa shape index (κ1) is 10.7. The number of nitrogens with one attached hydrogen (secondary N) is 1. The molecule has 1 aliphatic rings. The maximum Gasteiger partial charge on any atom is 0.0406 e. The molecule has 0 amide bonds. The van der Waals surface area contributed by atoms with E-state index in [9.17, 15) is 0 Å². The molecule has 2 rings (SSSR count). The second-order valence-corrected chi connectivity index (χ2v) is 4.41. The van der Waals surface area contributed by atoms with E-state index >= 15 is 0 Å². The van der Waals surface area contributed by atoms with Gasteiger partial charge in [0.2, 0.25) is 0 Å². The van der Waals surface area contributed by atoms with Crippen molar-refractivity contribution in [2.75, 3.05) is 6.54 Å². The summed E-state index contributed by atoms with van der Waals surface area (Å²) in [6.07, 6.45) is 8.17. The number of rotatable bonds is 5. The molecule has 0 aromatic heterocycles. The summed E-state index contributed by atoms with van der Waals surface area (Å²) in [4.78, 5) is 0. The summed E-state index contributed by atoms with van der Waals surface area (Å²) in [5, 5.41) is 4.27. The van der Waals surface area contributed by atoms with Gasteiger partial charge in [0.25, 0.3) is 0 Å². The molecular formula is C13H16ClN. The van der Waals surface area contributed by atoms with E-state index in [0.29, 0.717) is 0 Å². The molecule has 1 aliphatic carbocycles. The van der Waals surface area contributed by atoms with Crippen LogP contribution in [0.5, 0.6) is 0 Å². The fourth-order valence-electron chi connectivity index (χ4n) is 1.45. The lowest BCUT2D eigenvalue weighted by Gasteiger charge is -1.97. The monoisotopic (exact) mass is 221 g/mol. The molecule has 0 atom stereocenters. The molecular weight excluding hydrogens is 206 g/mol. The highest BCUT2D eigenvalue weighted by Crippen LogP contribution is 2.18. The average molecular weight is 222 g/mol. The molecule has 0 spiro atoms. The van der Waals surface area contributed by atoms with E-state index in [4.69, 9.17) is 11.6 Å². The zero-order valence-corrected chi connectivity index (χ0v) is 9.50. The highest BCUT2D eigenvalue weighted by atomic mass is 35.5. The first-order valence-electron chi connectivity index (χ1n) is 5.50. The van der Waals surface area contributed by atoms with Crippen LogP contribution >= 0.6 is 11.6 Å². The second-order valence-electron chi connectivity index (χ2n) is 3.97. The Morgan fingerprint density at radius 1 is 1.27 bits per heavy atom. The van der Waals surface area contributed by atoms with Gasteiger partial charge >= 0.3 is 0 Å². The highest BCUT2D eigenvalue weighted by molar-refractivity contribution is 6.30. The van der Waals surface area contributed by atoms with Crippen molar-refractivity contribution < 1.29 is 0 Å².